The van der Waals surface area contributed by atoms with Crippen LogP contribution in [0.15, 0.2) is 59.8 Å². The van der Waals surface area contributed by atoms with Gasteiger partial charge in [-0.25, -0.2) is 9.97 Å². The van der Waals surface area contributed by atoms with Gasteiger partial charge in [0, 0.05) is 16.7 Å². The second kappa shape index (κ2) is 5.77. The van der Waals surface area contributed by atoms with E-state index in [1.807, 2.05) is 24.3 Å². The molecule has 1 aliphatic rings. The zero-order chi connectivity index (χ0) is 18.3. The van der Waals surface area contributed by atoms with Crippen LogP contribution in [-0.2, 0) is 6.18 Å². The first-order chi connectivity index (χ1) is 12.5. The Morgan fingerprint density at radius 1 is 0.923 bits per heavy atom. The van der Waals surface area contributed by atoms with Crippen LogP contribution in [0.25, 0.3) is 27.5 Å². The number of rotatable bonds is 1. The first-order valence-corrected chi connectivity index (χ1v) is 7.58. The van der Waals surface area contributed by atoms with Gasteiger partial charge in [-0.1, -0.05) is 36.4 Å². The van der Waals surface area contributed by atoms with Crippen molar-refractivity contribution in [3.63, 3.8) is 0 Å². The Hall–Kier alpha value is -3.53. The molecular weight excluding hydrogens is 341 g/mol. The average molecular weight is 350 g/mol. The largest absolute Gasteiger partial charge is 0.416 e. The van der Waals surface area contributed by atoms with Crippen molar-refractivity contribution >= 4 is 5.71 Å². The lowest BCUT2D eigenvalue weighted by Gasteiger charge is -2.08. The third kappa shape index (κ3) is 2.52. The summed E-state index contributed by atoms with van der Waals surface area (Å²) in [5, 5.41) is 3.83. The Labute approximate surface area is 146 Å². The Morgan fingerprint density at radius 3 is 2.27 bits per heavy atom. The maximum atomic E-state index is 12.7. The summed E-state index contributed by atoms with van der Waals surface area (Å²) in [5.41, 5.74) is 3.36. The van der Waals surface area contributed by atoms with Crippen LogP contribution in [0.5, 0.6) is 0 Å². The predicted octanol–water partition coefficient (Wildman–Crippen LogP) is 4.81. The molecule has 7 heteroatoms. The minimum absolute atomic E-state index is 0.455. The maximum Gasteiger partial charge on any atom is 0.416 e. The third-order valence-corrected chi connectivity index (χ3v) is 4.09. The van der Waals surface area contributed by atoms with E-state index in [1.54, 1.807) is 0 Å². The van der Waals surface area contributed by atoms with Crippen LogP contribution in [0.1, 0.15) is 16.8 Å². The Morgan fingerprint density at radius 2 is 1.62 bits per heavy atom. The second-order valence-corrected chi connectivity index (χ2v) is 5.62. The van der Waals surface area contributed by atoms with Crippen LogP contribution >= 0.6 is 0 Å². The molecular formula is C19H9F3N4. The molecule has 0 unspecified atom stereocenters. The molecule has 0 saturated heterocycles. The van der Waals surface area contributed by atoms with Crippen LogP contribution in [0.3, 0.4) is 0 Å². The smallest absolute Gasteiger partial charge is 0.250 e. The van der Waals surface area contributed by atoms with Gasteiger partial charge in [0.25, 0.3) is 0 Å². The summed E-state index contributed by atoms with van der Waals surface area (Å²) in [7, 11) is 0. The Kier molecular flexibility index (Phi) is 3.55. The number of aromatic nitrogens is 2. The van der Waals surface area contributed by atoms with Crippen molar-refractivity contribution in [1.29, 1.82) is 0 Å². The van der Waals surface area contributed by atoms with E-state index in [2.05, 4.69) is 20.0 Å². The van der Waals surface area contributed by atoms with Crippen LogP contribution in [0.2, 0.25) is 0 Å². The fourth-order valence-electron chi connectivity index (χ4n) is 2.89. The fourth-order valence-corrected chi connectivity index (χ4v) is 2.89. The molecule has 1 heterocycles. The quantitative estimate of drug-likeness (QED) is 0.365. The van der Waals surface area contributed by atoms with Crippen molar-refractivity contribution in [3.8, 4) is 22.5 Å². The standard InChI is InChI=1S/C19H9F3N4/c1-23-26-17-14-5-3-2-4-13(14)16-18(17)24-10-15(25-16)11-6-8-12(9-7-11)19(20,21)22/h2-10H/b26-17-. The molecule has 2 aromatic carbocycles. The lowest BCUT2D eigenvalue weighted by molar-refractivity contribution is -0.137. The SMILES string of the molecule is [C-]#[N+]/N=C1/c2ccccc2-c2nc(-c3ccc(C(F)(F)F)cc3)cnc21. The molecule has 0 aliphatic heterocycles. The van der Waals surface area contributed by atoms with Gasteiger partial charge in [0.2, 0.25) is 0 Å². The number of fused-ring (bicyclic) bond motifs is 3. The van der Waals surface area contributed by atoms with Gasteiger partial charge in [-0.15, -0.1) is 4.95 Å². The Balaban J connectivity index is 1.83. The molecule has 126 valence electrons. The van der Waals surface area contributed by atoms with Crippen molar-refractivity contribution in [3.05, 3.63) is 83.1 Å². The van der Waals surface area contributed by atoms with Crippen LogP contribution < -0.4 is 0 Å². The topological polar surface area (TPSA) is 42.5 Å². The molecule has 0 bridgehead atoms. The molecule has 0 fully saturated rings. The van der Waals surface area contributed by atoms with Crippen LogP contribution in [-0.4, -0.2) is 15.7 Å². The van der Waals surface area contributed by atoms with Gasteiger partial charge in [0.05, 0.1) is 28.2 Å². The summed E-state index contributed by atoms with van der Waals surface area (Å²) in [6.07, 6.45) is -2.90. The summed E-state index contributed by atoms with van der Waals surface area (Å²) in [4.78, 5) is 12.0. The highest BCUT2D eigenvalue weighted by molar-refractivity contribution is 6.22. The summed E-state index contributed by atoms with van der Waals surface area (Å²) in [6, 6.07) is 12.1. The molecule has 1 aliphatic carbocycles. The number of nitrogens with zero attached hydrogens (tertiary/aromatic N) is 4. The summed E-state index contributed by atoms with van der Waals surface area (Å²) < 4.78 is 38.2. The van der Waals surface area contributed by atoms with Gasteiger partial charge in [0.15, 0.2) is 5.71 Å². The minimum atomic E-state index is -4.38. The van der Waals surface area contributed by atoms with E-state index in [-0.39, 0.29) is 0 Å². The number of benzene rings is 2. The Bertz CT molecular complexity index is 1080. The molecule has 0 saturated carbocycles. The molecule has 4 nitrogen and oxygen atoms in total. The molecule has 0 amide bonds. The predicted molar refractivity (Wildman–Crippen MR) is 90.1 cm³/mol. The molecule has 0 N–H and O–H groups in total. The van der Waals surface area contributed by atoms with Crippen LogP contribution in [0.4, 0.5) is 13.2 Å². The first kappa shape index (κ1) is 16.0. The molecule has 4 rings (SSSR count). The average Bonchev–Trinajstić information content (AvgIpc) is 2.95. The first-order valence-electron chi connectivity index (χ1n) is 7.58. The highest BCUT2D eigenvalue weighted by atomic mass is 19.4. The lowest BCUT2D eigenvalue weighted by Crippen LogP contribution is -2.04. The van der Waals surface area contributed by atoms with Crippen molar-refractivity contribution in [2.45, 2.75) is 6.18 Å². The third-order valence-electron chi connectivity index (χ3n) is 4.09. The van der Waals surface area contributed by atoms with E-state index >= 15 is 0 Å². The minimum Gasteiger partial charge on any atom is -0.250 e. The molecule has 26 heavy (non-hydrogen) atoms. The number of hydrogen-bond acceptors (Lipinski definition) is 3. The van der Waals surface area contributed by atoms with Gasteiger partial charge >= 0.3 is 6.18 Å². The zero-order valence-corrected chi connectivity index (χ0v) is 13.1. The van der Waals surface area contributed by atoms with Crippen LogP contribution in [0, 0.1) is 6.57 Å². The highest BCUT2D eigenvalue weighted by Gasteiger charge is 2.31. The normalized spacial score (nSPS) is 14.0. The molecule has 0 atom stereocenters. The summed E-state index contributed by atoms with van der Waals surface area (Å²) in [6.45, 7) is 6.99. The summed E-state index contributed by atoms with van der Waals surface area (Å²) in [5.74, 6) is 0. The zero-order valence-electron chi connectivity index (χ0n) is 13.1. The van der Waals surface area contributed by atoms with Gasteiger partial charge in [-0.05, 0) is 12.1 Å². The molecule has 1 aromatic heterocycles. The number of hydrogen-bond donors (Lipinski definition) is 0. The number of alkyl halides is 3. The lowest BCUT2D eigenvalue weighted by atomic mass is 10.1. The molecule has 0 radical (unpaired) electrons. The van der Waals surface area contributed by atoms with E-state index < -0.39 is 11.7 Å². The van der Waals surface area contributed by atoms with Gasteiger partial charge in [-0.2, -0.15) is 19.7 Å². The van der Waals surface area contributed by atoms with E-state index in [9.17, 15) is 13.2 Å². The van der Waals surface area contributed by atoms with E-state index in [0.29, 0.717) is 28.4 Å². The van der Waals surface area contributed by atoms with E-state index in [0.717, 1.165) is 23.3 Å². The monoisotopic (exact) mass is 350 g/mol. The number of halogens is 3. The van der Waals surface area contributed by atoms with Crippen molar-refractivity contribution in [2.24, 2.45) is 5.10 Å². The fraction of sp³-hybridized carbons (Fsp3) is 0.0526. The van der Waals surface area contributed by atoms with Crippen molar-refractivity contribution in [2.75, 3.05) is 0 Å². The second-order valence-electron chi connectivity index (χ2n) is 5.62. The van der Waals surface area contributed by atoms with Gasteiger partial charge in [-0.3, -0.25) is 0 Å². The highest BCUT2D eigenvalue weighted by Crippen LogP contribution is 2.36. The summed E-state index contributed by atoms with van der Waals surface area (Å²) >= 11 is 0. The van der Waals surface area contributed by atoms with Crippen molar-refractivity contribution in [1.82, 2.24) is 9.97 Å². The van der Waals surface area contributed by atoms with E-state index in [1.165, 1.54) is 18.3 Å². The van der Waals surface area contributed by atoms with E-state index in [4.69, 9.17) is 6.57 Å². The van der Waals surface area contributed by atoms with Gasteiger partial charge in [0.1, 0.15) is 5.69 Å². The maximum absolute atomic E-state index is 12.7. The molecule has 3 aromatic rings. The van der Waals surface area contributed by atoms with Crippen molar-refractivity contribution < 1.29 is 13.2 Å². The van der Waals surface area contributed by atoms with Gasteiger partial charge < -0.3 is 0 Å². The molecule has 0 spiro atoms.